The normalized spacial score (nSPS) is 16.8. The van der Waals surface area contributed by atoms with E-state index in [-0.39, 0.29) is 11.6 Å². The molecule has 1 aromatic carbocycles. The molecule has 1 saturated heterocycles. The fraction of sp³-hybridized carbons (Fsp3) is 0.471. The van der Waals surface area contributed by atoms with Crippen LogP contribution in [0.4, 0.5) is 22.0 Å². The van der Waals surface area contributed by atoms with Crippen LogP contribution >= 0.6 is 0 Å². The number of allylic oxidation sites excluding steroid dienone is 1. The second-order valence-corrected chi connectivity index (χ2v) is 6.15. The third-order valence-electron chi connectivity index (χ3n) is 4.26. The van der Waals surface area contributed by atoms with Crippen molar-refractivity contribution >= 4 is 11.5 Å². The highest BCUT2D eigenvalue weighted by atomic mass is 19.4. The number of rotatable bonds is 4. The highest BCUT2D eigenvalue weighted by Crippen LogP contribution is 2.36. The summed E-state index contributed by atoms with van der Waals surface area (Å²) in [6.07, 6.45) is -4.53. The van der Waals surface area contributed by atoms with Crippen LogP contribution in [0.25, 0.3) is 5.57 Å². The fourth-order valence-corrected chi connectivity index (χ4v) is 2.63. The van der Waals surface area contributed by atoms with Crippen molar-refractivity contribution in [1.29, 1.82) is 0 Å². The highest BCUT2D eigenvalue weighted by Gasteiger charge is 2.37. The summed E-state index contributed by atoms with van der Waals surface area (Å²) < 4.78 is 66.3. The predicted octanol–water partition coefficient (Wildman–Crippen LogP) is 3.69. The van der Waals surface area contributed by atoms with Gasteiger partial charge in [-0.2, -0.15) is 13.2 Å². The van der Waals surface area contributed by atoms with Crippen LogP contribution < -0.4 is 5.73 Å². The van der Waals surface area contributed by atoms with Crippen LogP contribution in [0.3, 0.4) is 0 Å². The monoisotopic (exact) mass is 362 g/mol. The Morgan fingerprint density at radius 1 is 1.12 bits per heavy atom. The van der Waals surface area contributed by atoms with Crippen molar-refractivity contribution in [2.75, 3.05) is 13.1 Å². The molecule has 138 valence electrons. The van der Waals surface area contributed by atoms with Gasteiger partial charge in [-0.1, -0.05) is 30.8 Å². The molecule has 8 heteroatoms. The molecule has 0 atom stereocenters. The molecule has 0 spiro atoms. The van der Waals surface area contributed by atoms with Gasteiger partial charge in [-0.05, 0) is 18.4 Å². The van der Waals surface area contributed by atoms with Crippen molar-refractivity contribution < 1.29 is 26.7 Å². The molecule has 3 nitrogen and oxygen atoms in total. The second kappa shape index (κ2) is 7.11. The number of nitrogens with zero attached hydrogens (tertiary/aromatic N) is 1. The number of hydrogen-bond acceptors (Lipinski definition) is 2. The van der Waals surface area contributed by atoms with E-state index in [1.165, 1.54) is 4.90 Å². The first-order valence-electron chi connectivity index (χ1n) is 7.79. The van der Waals surface area contributed by atoms with E-state index < -0.39 is 35.6 Å². The van der Waals surface area contributed by atoms with Crippen LogP contribution in [-0.2, 0) is 10.7 Å². The maximum atomic E-state index is 14.3. The number of halogens is 5. The third-order valence-corrected chi connectivity index (χ3v) is 4.26. The summed E-state index contributed by atoms with van der Waals surface area (Å²) in [6, 6.07) is 3.63. The maximum Gasteiger partial charge on any atom is 0.416 e. The lowest BCUT2D eigenvalue weighted by atomic mass is 9.99. The van der Waals surface area contributed by atoms with Gasteiger partial charge in [0.1, 0.15) is 0 Å². The summed E-state index contributed by atoms with van der Waals surface area (Å²) in [7, 11) is 0. The van der Waals surface area contributed by atoms with E-state index in [0.29, 0.717) is 25.9 Å². The average Bonchev–Trinajstić information content (AvgIpc) is 2.53. The van der Waals surface area contributed by atoms with Gasteiger partial charge in [0, 0.05) is 24.7 Å². The highest BCUT2D eigenvalue weighted by molar-refractivity contribution is 5.77. The van der Waals surface area contributed by atoms with Crippen molar-refractivity contribution in [2.45, 2.75) is 37.4 Å². The lowest BCUT2D eigenvalue weighted by Gasteiger charge is -2.31. The zero-order chi connectivity index (χ0) is 18.8. The van der Waals surface area contributed by atoms with E-state index >= 15 is 0 Å². The Morgan fingerprint density at radius 2 is 1.64 bits per heavy atom. The van der Waals surface area contributed by atoms with Crippen LogP contribution in [0.5, 0.6) is 0 Å². The van der Waals surface area contributed by atoms with E-state index in [4.69, 9.17) is 5.73 Å². The number of piperidine rings is 1. The number of likely N-dealkylation sites (tertiary alicyclic amines) is 1. The summed E-state index contributed by atoms with van der Waals surface area (Å²) in [5.74, 6) is -4.16. The van der Waals surface area contributed by atoms with Gasteiger partial charge in [0.2, 0.25) is 5.91 Å². The molecule has 0 aromatic heterocycles. The molecule has 1 heterocycles. The molecule has 0 radical (unpaired) electrons. The van der Waals surface area contributed by atoms with Gasteiger partial charge < -0.3 is 10.6 Å². The van der Waals surface area contributed by atoms with Crippen LogP contribution in [-0.4, -0.2) is 36.1 Å². The Balaban J connectivity index is 2.06. The fourth-order valence-electron chi connectivity index (χ4n) is 2.63. The molecule has 1 aliphatic heterocycles. The number of carbonyl (C=O) groups is 1. The minimum absolute atomic E-state index is 0.0289. The number of amides is 1. The minimum atomic E-state index is -4.63. The number of alkyl halides is 5. The lowest BCUT2D eigenvalue weighted by Crippen LogP contribution is -2.44. The molecule has 2 N–H and O–H groups in total. The van der Waals surface area contributed by atoms with E-state index in [0.717, 1.165) is 24.3 Å². The van der Waals surface area contributed by atoms with Crippen molar-refractivity contribution in [1.82, 2.24) is 4.90 Å². The topological polar surface area (TPSA) is 46.3 Å². The smallest absolute Gasteiger partial charge is 0.342 e. The van der Waals surface area contributed by atoms with Gasteiger partial charge in [-0.25, -0.2) is 8.78 Å². The lowest BCUT2D eigenvalue weighted by molar-refractivity contribution is -0.140. The summed E-state index contributed by atoms with van der Waals surface area (Å²) in [5, 5.41) is 0. The van der Waals surface area contributed by atoms with Gasteiger partial charge in [-0.15, -0.1) is 0 Å². The Hall–Kier alpha value is -1.96. The zero-order valence-corrected chi connectivity index (χ0v) is 13.5. The number of benzene rings is 1. The molecule has 1 amide bonds. The first-order chi connectivity index (χ1) is 11.5. The molecule has 1 aromatic rings. The second-order valence-electron chi connectivity index (χ2n) is 6.15. The van der Waals surface area contributed by atoms with Crippen LogP contribution in [0.15, 0.2) is 30.8 Å². The molecule has 25 heavy (non-hydrogen) atoms. The summed E-state index contributed by atoms with van der Waals surface area (Å²) >= 11 is 0. The molecule has 1 fully saturated rings. The van der Waals surface area contributed by atoms with Gasteiger partial charge in [0.05, 0.1) is 12.0 Å². The van der Waals surface area contributed by atoms with Crippen molar-refractivity contribution in [2.24, 2.45) is 5.73 Å². The van der Waals surface area contributed by atoms with Crippen LogP contribution in [0, 0.1) is 0 Å². The van der Waals surface area contributed by atoms with Gasteiger partial charge in [0.25, 0.3) is 5.92 Å². The van der Waals surface area contributed by atoms with Crippen molar-refractivity contribution in [3.8, 4) is 0 Å². The predicted molar refractivity (Wildman–Crippen MR) is 83.8 cm³/mol. The zero-order valence-electron chi connectivity index (χ0n) is 13.5. The van der Waals surface area contributed by atoms with Crippen LogP contribution in [0.2, 0.25) is 0 Å². The molecule has 0 unspecified atom stereocenters. The Morgan fingerprint density at radius 3 is 2.12 bits per heavy atom. The molecule has 1 aliphatic rings. The summed E-state index contributed by atoms with van der Waals surface area (Å²) in [5.41, 5.74) is 3.81. The van der Waals surface area contributed by atoms with Gasteiger partial charge in [0.15, 0.2) is 0 Å². The number of hydrogen-bond donors (Lipinski definition) is 1. The molecule has 0 bridgehead atoms. The van der Waals surface area contributed by atoms with Crippen LogP contribution in [0.1, 0.15) is 30.4 Å². The summed E-state index contributed by atoms with van der Waals surface area (Å²) in [4.78, 5) is 13.4. The van der Waals surface area contributed by atoms with Crippen molar-refractivity contribution in [3.05, 3.63) is 42.0 Å². The van der Waals surface area contributed by atoms with E-state index in [2.05, 4.69) is 6.58 Å². The largest absolute Gasteiger partial charge is 0.416 e. The van der Waals surface area contributed by atoms with Gasteiger partial charge in [-0.3, -0.25) is 4.79 Å². The molecule has 0 saturated carbocycles. The molecular weight excluding hydrogens is 343 g/mol. The quantitative estimate of drug-likeness (QED) is 0.831. The number of nitrogens with two attached hydrogens (primary N) is 1. The average molecular weight is 362 g/mol. The Kier molecular flexibility index (Phi) is 5.51. The number of carbonyl (C=O) groups excluding carboxylic acids is 1. The van der Waals surface area contributed by atoms with E-state index in [9.17, 15) is 26.7 Å². The van der Waals surface area contributed by atoms with Gasteiger partial charge >= 0.3 is 6.18 Å². The standard InChI is InChI=1S/C17H19F5N2O/c1-11(17(20,21)22)12-2-4-13(5-3-12)16(18,19)10-15(25)24-8-6-14(23)7-9-24/h2-5,14H,1,6-10,23H2. The maximum absolute atomic E-state index is 14.3. The Labute approximate surface area is 142 Å². The van der Waals surface area contributed by atoms with E-state index in [1.54, 1.807) is 0 Å². The summed E-state index contributed by atoms with van der Waals surface area (Å²) in [6.45, 7) is 3.59. The molecular formula is C17H19F5N2O. The molecule has 2 rings (SSSR count). The first kappa shape index (κ1) is 19.4. The minimum Gasteiger partial charge on any atom is -0.342 e. The third kappa shape index (κ3) is 4.78. The first-order valence-corrected chi connectivity index (χ1v) is 7.79. The van der Waals surface area contributed by atoms with Crippen molar-refractivity contribution in [3.63, 3.8) is 0 Å². The van der Waals surface area contributed by atoms with E-state index in [1.807, 2.05) is 0 Å². The Bertz CT molecular complexity index is 631. The SMILES string of the molecule is C=C(c1ccc(C(F)(F)CC(=O)N2CCC(N)CC2)cc1)C(F)(F)F. The molecule has 0 aliphatic carbocycles.